The average molecular weight is 186 g/mol. The van der Waals surface area contributed by atoms with E-state index in [-0.39, 0.29) is 5.60 Å². The summed E-state index contributed by atoms with van der Waals surface area (Å²) >= 11 is 0. The molecule has 0 aromatic heterocycles. The molecule has 0 fully saturated rings. The summed E-state index contributed by atoms with van der Waals surface area (Å²) in [5, 5.41) is 0. The first-order valence-corrected chi connectivity index (χ1v) is 5.38. The number of hydrogen-bond donors (Lipinski definition) is 0. The van der Waals surface area contributed by atoms with Crippen LogP contribution < -0.4 is 0 Å². The van der Waals surface area contributed by atoms with Gasteiger partial charge in [-0.15, -0.1) is 0 Å². The minimum absolute atomic E-state index is 0.00201. The van der Waals surface area contributed by atoms with Crippen molar-refractivity contribution in [3.8, 4) is 0 Å². The average Bonchev–Trinajstić information content (AvgIpc) is 1.82. The molecule has 0 aliphatic rings. The van der Waals surface area contributed by atoms with Crippen LogP contribution in [-0.2, 0) is 4.74 Å². The molecular formula is C12H26O. The number of rotatable bonds is 4. The van der Waals surface area contributed by atoms with Gasteiger partial charge in [0.25, 0.3) is 0 Å². The van der Waals surface area contributed by atoms with Crippen molar-refractivity contribution in [3.63, 3.8) is 0 Å². The largest absolute Gasteiger partial charge is 0.376 e. The monoisotopic (exact) mass is 186 g/mol. The van der Waals surface area contributed by atoms with Crippen LogP contribution in [0.1, 0.15) is 48.5 Å². The van der Waals surface area contributed by atoms with E-state index in [1.54, 1.807) is 0 Å². The highest BCUT2D eigenvalue weighted by Gasteiger charge is 2.20. The second-order valence-corrected chi connectivity index (χ2v) is 5.58. The van der Waals surface area contributed by atoms with Crippen LogP contribution in [0.15, 0.2) is 0 Å². The molecule has 0 aliphatic heterocycles. The van der Waals surface area contributed by atoms with E-state index in [0.29, 0.717) is 17.8 Å². The second kappa shape index (κ2) is 4.99. The lowest BCUT2D eigenvalue weighted by Gasteiger charge is -2.29. The van der Waals surface area contributed by atoms with Crippen molar-refractivity contribution >= 4 is 0 Å². The Balaban J connectivity index is 3.98. The zero-order chi connectivity index (χ0) is 10.6. The summed E-state index contributed by atoms with van der Waals surface area (Å²) in [7, 11) is 0. The van der Waals surface area contributed by atoms with Gasteiger partial charge in [0.15, 0.2) is 0 Å². The van der Waals surface area contributed by atoms with E-state index in [2.05, 4.69) is 48.5 Å². The third-order valence-electron chi connectivity index (χ3n) is 2.42. The summed E-state index contributed by atoms with van der Waals surface area (Å²) in [5.74, 6) is 2.10. The Labute approximate surface area is 83.9 Å². The minimum Gasteiger partial charge on any atom is -0.376 e. The Hall–Kier alpha value is -0.0400. The summed E-state index contributed by atoms with van der Waals surface area (Å²) in [6, 6.07) is 0. The van der Waals surface area contributed by atoms with Gasteiger partial charge in [-0.2, -0.15) is 0 Å². The number of hydrogen-bond acceptors (Lipinski definition) is 1. The lowest BCUT2D eigenvalue weighted by Crippen LogP contribution is -2.28. The maximum Gasteiger partial charge on any atom is 0.0598 e. The maximum absolute atomic E-state index is 5.81. The van der Waals surface area contributed by atoms with Crippen LogP contribution in [-0.4, -0.2) is 12.2 Å². The van der Waals surface area contributed by atoms with Crippen molar-refractivity contribution in [2.45, 2.75) is 54.1 Å². The molecule has 13 heavy (non-hydrogen) atoms. The normalized spacial score (nSPS) is 13.4. The molecule has 0 aliphatic carbocycles. The Kier molecular flexibility index (Phi) is 4.98. The van der Waals surface area contributed by atoms with Gasteiger partial charge in [0.1, 0.15) is 0 Å². The Bertz CT molecular complexity index is 123. The first-order valence-electron chi connectivity index (χ1n) is 5.38. The second-order valence-electron chi connectivity index (χ2n) is 5.58. The van der Waals surface area contributed by atoms with Crippen LogP contribution in [0.2, 0.25) is 0 Å². The van der Waals surface area contributed by atoms with Gasteiger partial charge >= 0.3 is 0 Å². The van der Waals surface area contributed by atoms with E-state index >= 15 is 0 Å². The zero-order valence-electron chi connectivity index (χ0n) is 10.3. The van der Waals surface area contributed by atoms with Crippen LogP contribution in [0.3, 0.4) is 0 Å². The van der Waals surface area contributed by atoms with Crippen molar-refractivity contribution < 1.29 is 4.74 Å². The van der Waals surface area contributed by atoms with Gasteiger partial charge in [-0.05, 0) is 38.5 Å². The fourth-order valence-corrected chi connectivity index (χ4v) is 1.50. The first-order chi connectivity index (χ1) is 5.74. The Morgan fingerprint density at radius 2 is 1.31 bits per heavy atom. The van der Waals surface area contributed by atoms with Crippen molar-refractivity contribution in [1.82, 2.24) is 0 Å². The highest BCUT2D eigenvalue weighted by molar-refractivity contribution is 4.68. The predicted molar refractivity (Wildman–Crippen MR) is 58.9 cm³/mol. The van der Waals surface area contributed by atoms with Gasteiger partial charge in [-0.3, -0.25) is 0 Å². The Morgan fingerprint density at radius 3 is 1.54 bits per heavy atom. The smallest absolute Gasteiger partial charge is 0.0598 e. The lowest BCUT2D eigenvalue weighted by atomic mass is 9.86. The summed E-state index contributed by atoms with van der Waals surface area (Å²) in [4.78, 5) is 0. The van der Waals surface area contributed by atoms with E-state index in [9.17, 15) is 0 Å². The van der Waals surface area contributed by atoms with Crippen molar-refractivity contribution in [2.75, 3.05) is 6.61 Å². The van der Waals surface area contributed by atoms with Gasteiger partial charge in [0, 0.05) is 0 Å². The van der Waals surface area contributed by atoms with Crippen LogP contribution in [0, 0.1) is 17.8 Å². The molecule has 0 rings (SSSR count). The summed E-state index contributed by atoms with van der Waals surface area (Å²) in [5.41, 5.74) is 0.00201. The van der Waals surface area contributed by atoms with Crippen LogP contribution in [0.25, 0.3) is 0 Å². The molecule has 0 aromatic carbocycles. The molecule has 1 heteroatoms. The molecule has 0 radical (unpaired) electrons. The molecule has 0 N–H and O–H groups in total. The van der Waals surface area contributed by atoms with Crippen molar-refractivity contribution in [3.05, 3.63) is 0 Å². The van der Waals surface area contributed by atoms with Crippen LogP contribution in [0.4, 0.5) is 0 Å². The third-order valence-corrected chi connectivity index (χ3v) is 2.42. The molecule has 0 aromatic rings. The van der Waals surface area contributed by atoms with Crippen molar-refractivity contribution in [1.29, 1.82) is 0 Å². The summed E-state index contributed by atoms with van der Waals surface area (Å²) in [6.45, 7) is 16.3. The molecule has 0 saturated carbocycles. The predicted octanol–water partition coefficient (Wildman–Crippen LogP) is 3.73. The van der Waals surface area contributed by atoms with Gasteiger partial charge < -0.3 is 4.74 Å². The molecule has 0 heterocycles. The lowest BCUT2D eigenvalue weighted by molar-refractivity contribution is -0.0384. The third kappa shape index (κ3) is 6.09. The molecule has 0 saturated heterocycles. The molecule has 0 unspecified atom stereocenters. The standard InChI is InChI=1S/C12H26O/c1-9(2)11(10(3)4)8-13-12(5,6)7/h9-11H,8H2,1-7H3. The van der Waals surface area contributed by atoms with Gasteiger partial charge in [0.2, 0.25) is 0 Å². The fraction of sp³-hybridized carbons (Fsp3) is 1.00. The van der Waals surface area contributed by atoms with Gasteiger partial charge in [0.05, 0.1) is 12.2 Å². The van der Waals surface area contributed by atoms with E-state index in [1.165, 1.54) is 0 Å². The maximum atomic E-state index is 5.81. The molecule has 0 bridgehead atoms. The van der Waals surface area contributed by atoms with E-state index in [4.69, 9.17) is 4.74 Å². The summed E-state index contributed by atoms with van der Waals surface area (Å²) in [6.07, 6.45) is 0. The molecular weight excluding hydrogens is 160 g/mol. The van der Waals surface area contributed by atoms with Crippen LogP contribution in [0.5, 0.6) is 0 Å². The highest BCUT2D eigenvalue weighted by atomic mass is 16.5. The van der Waals surface area contributed by atoms with Gasteiger partial charge in [-0.1, -0.05) is 27.7 Å². The van der Waals surface area contributed by atoms with Gasteiger partial charge in [-0.25, -0.2) is 0 Å². The van der Waals surface area contributed by atoms with E-state index < -0.39 is 0 Å². The SMILES string of the molecule is CC(C)C(COC(C)(C)C)C(C)C. The Morgan fingerprint density at radius 1 is 0.923 bits per heavy atom. The molecule has 80 valence electrons. The molecule has 0 spiro atoms. The topological polar surface area (TPSA) is 9.23 Å². The first kappa shape index (κ1) is 13.0. The quantitative estimate of drug-likeness (QED) is 0.650. The minimum atomic E-state index is 0.00201. The molecule has 1 nitrogen and oxygen atoms in total. The fourth-order valence-electron chi connectivity index (χ4n) is 1.50. The zero-order valence-corrected chi connectivity index (χ0v) is 10.3. The molecule has 0 amide bonds. The van der Waals surface area contributed by atoms with Crippen LogP contribution >= 0.6 is 0 Å². The van der Waals surface area contributed by atoms with E-state index in [0.717, 1.165) is 6.61 Å². The van der Waals surface area contributed by atoms with Crippen molar-refractivity contribution in [2.24, 2.45) is 17.8 Å². The number of ether oxygens (including phenoxy) is 1. The molecule has 0 atom stereocenters. The summed E-state index contributed by atoms with van der Waals surface area (Å²) < 4.78 is 5.81. The van der Waals surface area contributed by atoms with E-state index in [1.807, 2.05) is 0 Å². The highest BCUT2D eigenvalue weighted by Crippen LogP contribution is 2.22.